The summed E-state index contributed by atoms with van der Waals surface area (Å²) in [4.78, 5) is 15.9. The average molecular weight is 957 g/mol. The van der Waals surface area contributed by atoms with Gasteiger partial charge in [0, 0.05) is 43.4 Å². The molecule has 348 valence electrons. The molecule has 0 N–H and O–H groups in total. The van der Waals surface area contributed by atoms with Crippen LogP contribution in [0.1, 0.15) is 0 Å². The zero-order valence-corrected chi connectivity index (χ0v) is 40.2. The van der Waals surface area contributed by atoms with Crippen LogP contribution in [0, 0.1) is 0 Å². The summed E-state index contributed by atoms with van der Waals surface area (Å²) in [6.45, 7) is 0. The minimum absolute atomic E-state index is 0.536. The molecule has 6 heteroatoms. The van der Waals surface area contributed by atoms with Crippen molar-refractivity contribution in [3.8, 4) is 78.7 Å². The topological polar surface area (TPSA) is 69.4 Å². The molecule has 0 radical (unpaired) electrons. The normalized spacial score (nSPS) is 12.0. The number of rotatable bonds is 7. The van der Waals surface area contributed by atoms with Gasteiger partial charge in [0.1, 0.15) is 22.3 Å². The van der Waals surface area contributed by atoms with Gasteiger partial charge in [0.25, 0.3) is 0 Å². The summed E-state index contributed by atoms with van der Waals surface area (Å²) in [5, 5.41) is 9.23. The maximum absolute atomic E-state index is 6.59. The van der Waals surface area contributed by atoms with Crippen molar-refractivity contribution in [3.05, 3.63) is 243 Å². The van der Waals surface area contributed by atoms with Crippen LogP contribution in [0.25, 0.3) is 161 Å². The van der Waals surface area contributed by atoms with Crippen molar-refractivity contribution in [1.82, 2.24) is 19.4 Å². The predicted molar refractivity (Wildman–Crippen MR) is 307 cm³/mol. The molecule has 0 unspecified atom stereocenters. The Morgan fingerprint density at radius 1 is 0.267 bits per heavy atom. The lowest BCUT2D eigenvalue weighted by atomic mass is 9.94. The number of fused-ring (bicyclic) bond motifs is 9. The van der Waals surface area contributed by atoms with Crippen LogP contribution in [0.5, 0.6) is 0 Å². The molecule has 16 rings (SSSR count). The highest BCUT2D eigenvalue weighted by Gasteiger charge is 2.23. The van der Waals surface area contributed by atoms with Crippen molar-refractivity contribution in [2.45, 2.75) is 0 Å². The minimum atomic E-state index is 0.536. The third-order valence-corrected chi connectivity index (χ3v) is 15.2. The molecule has 0 saturated carbocycles. The van der Waals surface area contributed by atoms with E-state index in [1.165, 1.54) is 48.9 Å². The zero-order chi connectivity index (χ0) is 49.1. The number of hydrogen-bond acceptors (Lipinski definition) is 5. The van der Waals surface area contributed by atoms with E-state index in [0.29, 0.717) is 17.5 Å². The lowest BCUT2D eigenvalue weighted by Crippen LogP contribution is -2.01. The second-order valence-corrected chi connectivity index (χ2v) is 19.4. The Labute approximate surface area is 429 Å². The number of aromatic nitrogens is 4. The van der Waals surface area contributed by atoms with E-state index in [9.17, 15) is 0 Å². The minimum Gasteiger partial charge on any atom is -0.456 e. The molecule has 6 nitrogen and oxygen atoms in total. The van der Waals surface area contributed by atoms with Gasteiger partial charge in [-0.3, -0.25) is 0 Å². The van der Waals surface area contributed by atoms with Gasteiger partial charge in [-0.2, -0.15) is 0 Å². The summed E-state index contributed by atoms with van der Waals surface area (Å²) in [5.74, 6) is 1.68. The Kier molecular flexibility index (Phi) is 8.94. The van der Waals surface area contributed by atoms with E-state index in [1.807, 2.05) is 36.4 Å². The van der Waals surface area contributed by atoms with E-state index in [2.05, 4.69) is 211 Å². The zero-order valence-electron chi connectivity index (χ0n) is 40.2. The Bertz CT molecular complexity index is 4920. The summed E-state index contributed by atoms with van der Waals surface area (Å²) < 4.78 is 15.5. The molecular weight excluding hydrogens is 917 g/mol. The van der Waals surface area contributed by atoms with E-state index < -0.39 is 0 Å². The first-order valence-electron chi connectivity index (χ1n) is 25.3. The number of benzene rings is 11. The fraction of sp³-hybridized carbons (Fsp3) is 0. The second-order valence-electron chi connectivity index (χ2n) is 19.4. The summed E-state index contributed by atoms with van der Waals surface area (Å²) in [7, 11) is 0. The largest absolute Gasteiger partial charge is 0.456 e. The maximum Gasteiger partial charge on any atom is 0.167 e. The summed E-state index contributed by atoms with van der Waals surface area (Å²) in [6.07, 6.45) is 0. The Morgan fingerprint density at radius 3 is 1.67 bits per heavy atom. The van der Waals surface area contributed by atoms with Crippen LogP contribution in [0.2, 0.25) is 0 Å². The fourth-order valence-corrected chi connectivity index (χ4v) is 11.7. The summed E-state index contributed by atoms with van der Waals surface area (Å²) >= 11 is 0. The summed E-state index contributed by atoms with van der Waals surface area (Å²) in [5.41, 5.74) is 18.3. The van der Waals surface area contributed by atoms with Gasteiger partial charge in [0.2, 0.25) is 0 Å². The molecule has 5 heterocycles. The molecule has 0 saturated heterocycles. The van der Waals surface area contributed by atoms with E-state index in [1.54, 1.807) is 0 Å². The van der Waals surface area contributed by atoms with Gasteiger partial charge >= 0.3 is 0 Å². The quantitative estimate of drug-likeness (QED) is 0.159. The van der Waals surface area contributed by atoms with E-state index >= 15 is 0 Å². The molecule has 0 atom stereocenters. The smallest absolute Gasteiger partial charge is 0.167 e. The molecular formula is C69H40N4O2. The van der Waals surface area contributed by atoms with Gasteiger partial charge in [-0.25, -0.2) is 15.0 Å². The third kappa shape index (κ3) is 6.43. The number of hydrogen-bond donors (Lipinski definition) is 0. The predicted octanol–water partition coefficient (Wildman–Crippen LogP) is 18.5. The molecule has 0 amide bonds. The molecule has 0 aliphatic rings. The Hall–Kier alpha value is -10.2. The lowest BCUT2D eigenvalue weighted by molar-refractivity contribution is 0.669. The average Bonchev–Trinajstić information content (AvgIpc) is 4.15. The van der Waals surface area contributed by atoms with Gasteiger partial charge in [-0.05, 0) is 117 Å². The number of nitrogens with zero attached hydrogens (tertiary/aromatic N) is 4. The van der Waals surface area contributed by atoms with Gasteiger partial charge in [-0.1, -0.05) is 176 Å². The van der Waals surface area contributed by atoms with E-state index in [-0.39, 0.29) is 0 Å². The SMILES string of the molecule is c1ccc(-c2ccc(-c3nc(-c4cccc(-c5ccc(-c6ccc7c(c6)c6ccc8oc9cccc%10c%11ccccc%11n7c6c8c9%10)cc5)c4)nc(-c4cccc5c4oc4ccccc45)n3)c(-c3ccccc3)c2)cc1. The molecule has 0 bridgehead atoms. The van der Waals surface area contributed by atoms with Crippen molar-refractivity contribution < 1.29 is 8.83 Å². The molecule has 16 aromatic rings. The lowest BCUT2D eigenvalue weighted by Gasteiger charge is -2.14. The highest BCUT2D eigenvalue weighted by Crippen LogP contribution is 2.45. The van der Waals surface area contributed by atoms with Crippen LogP contribution < -0.4 is 0 Å². The first-order valence-corrected chi connectivity index (χ1v) is 25.3. The monoisotopic (exact) mass is 956 g/mol. The van der Waals surface area contributed by atoms with Crippen LogP contribution in [0.4, 0.5) is 0 Å². The number of para-hydroxylation sites is 3. The van der Waals surface area contributed by atoms with Crippen LogP contribution >= 0.6 is 0 Å². The standard InChI is InChI=1S/C69H40N4O2/c1-3-14-41(15-4-1)46-32-34-54(56(39-46)44-16-5-2-6-17-44)68-70-67(71-69(72-68)55-24-12-23-53-50-21-8-10-26-60(50)75-66(53)55)48-19-11-18-45(38-48)42-28-30-43(31-29-42)47-33-36-59-57(40-47)52-35-37-62-64-63-51(22-13-27-61(63)74-62)49-20-7-9-25-58(49)73(59)65(52)64/h1-40H. The van der Waals surface area contributed by atoms with Gasteiger partial charge in [-0.15, -0.1) is 0 Å². The van der Waals surface area contributed by atoms with Crippen LogP contribution in [0.3, 0.4) is 0 Å². The molecule has 75 heavy (non-hydrogen) atoms. The molecule has 11 aromatic carbocycles. The van der Waals surface area contributed by atoms with Crippen molar-refractivity contribution in [3.63, 3.8) is 0 Å². The summed E-state index contributed by atoms with van der Waals surface area (Å²) in [6, 6.07) is 85.7. The third-order valence-electron chi connectivity index (χ3n) is 15.2. The van der Waals surface area contributed by atoms with Crippen molar-refractivity contribution >= 4 is 82.0 Å². The van der Waals surface area contributed by atoms with Crippen molar-refractivity contribution in [2.24, 2.45) is 0 Å². The van der Waals surface area contributed by atoms with Crippen molar-refractivity contribution in [2.75, 3.05) is 0 Å². The first-order chi connectivity index (χ1) is 37.2. The molecule has 0 aliphatic carbocycles. The van der Waals surface area contributed by atoms with Crippen LogP contribution in [-0.2, 0) is 0 Å². The highest BCUT2D eigenvalue weighted by molar-refractivity contribution is 6.31. The Morgan fingerprint density at radius 2 is 0.827 bits per heavy atom. The highest BCUT2D eigenvalue weighted by atomic mass is 16.3. The van der Waals surface area contributed by atoms with Gasteiger partial charge in [0.15, 0.2) is 17.5 Å². The fourth-order valence-electron chi connectivity index (χ4n) is 11.7. The maximum atomic E-state index is 6.59. The van der Waals surface area contributed by atoms with E-state index in [0.717, 1.165) is 94.3 Å². The second kappa shape index (κ2) is 16.2. The Balaban J connectivity index is 0.818. The van der Waals surface area contributed by atoms with Crippen LogP contribution in [0.15, 0.2) is 251 Å². The van der Waals surface area contributed by atoms with Gasteiger partial charge in [0.05, 0.1) is 27.5 Å². The molecule has 0 aliphatic heterocycles. The first kappa shape index (κ1) is 41.4. The van der Waals surface area contributed by atoms with Crippen molar-refractivity contribution in [1.29, 1.82) is 0 Å². The van der Waals surface area contributed by atoms with Crippen LogP contribution in [-0.4, -0.2) is 19.4 Å². The number of furan rings is 2. The molecule has 5 aromatic heterocycles. The molecule has 0 spiro atoms. The molecule has 0 fully saturated rings. The van der Waals surface area contributed by atoms with E-state index in [4.69, 9.17) is 23.8 Å². The van der Waals surface area contributed by atoms with Gasteiger partial charge < -0.3 is 13.2 Å².